The summed E-state index contributed by atoms with van der Waals surface area (Å²) in [5.74, 6) is -0.214. The van der Waals surface area contributed by atoms with Crippen LogP contribution in [-0.4, -0.2) is 25.7 Å². The minimum Gasteiger partial charge on any atom is -0.463 e. The highest BCUT2D eigenvalue weighted by Gasteiger charge is 2.08. The highest BCUT2D eigenvalue weighted by Crippen LogP contribution is 2.06. The number of unbranched alkanes of at least 4 members (excludes halogenated alkanes) is 1. The van der Waals surface area contributed by atoms with E-state index < -0.39 is 0 Å². The number of likely N-dealkylation sites (N-methyl/N-ethyl adjacent to an activating group) is 1. The first-order valence-electron chi connectivity index (χ1n) is 5.68. The Morgan fingerprint density at radius 3 is 2.50 bits per heavy atom. The molecule has 0 amide bonds. The van der Waals surface area contributed by atoms with Crippen LogP contribution in [0, 0.1) is 0 Å². The van der Waals surface area contributed by atoms with Gasteiger partial charge in [-0.25, -0.2) is 4.79 Å². The number of rotatable bonds is 7. The van der Waals surface area contributed by atoms with Gasteiger partial charge >= 0.3 is 5.97 Å². The Morgan fingerprint density at radius 1 is 1.44 bits per heavy atom. The van der Waals surface area contributed by atoms with Gasteiger partial charge in [0.1, 0.15) is 0 Å². The molecule has 0 radical (unpaired) electrons. The zero-order chi connectivity index (χ0) is 11.7. The van der Waals surface area contributed by atoms with E-state index in [2.05, 4.69) is 12.2 Å². The van der Waals surface area contributed by atoms with Gasteiger partial charge in [-0.15, -0.1) is 12.4 Å². The molecule has 0 unspecified atom stereocenters. The summed E-state index contributed by atoms with van der Waals surface area (Å²) in [5.41, 5.74) is 0.687. The SMILES string of the molecule is CCCC[C@@H](/C=C(\C)C(=O)OCC)NC.Cl. The van der Waals surface area contributed by atoms with Crippen LogP contribution in [0.4, 0.5) is 0 Å². The van der Waals surface area contributed by atoms with Gasteiger partial charge in [0.05, 0.1) is 6.61 Å². The molecule has 0 saturated heterocycles. The minimum absolute atomic E-state index is 0. The van der Waals surface area contributed by atoms with Crippen LogP contribution in [0.1, 0.15) is 40.0 Å². The molecule has 0 rings (SSSR count). The summed E-state index contributed by atoms with van der Waals surface area (Å²) in [6.07, 6.45) is 5.35. The second-order valence-electron chi connectivity index (χ2n) is 3.61. The largest absolute Gasteiger partial charge is 0.463 e. The van der Waals surface area contributed by atoms with E-state index in [1.165, 1.54) is 6.42 Å². The first-order valence-corrected chi connectivity index (χ1v) is 5.68. The second-order valence-corrected chi connectivity index (χ2v) is 3.61. The maximum Gasteiger partial charge on any atom is 0.333 e. The Kier molecular flexibility index (Phi) is 12.2. The number of hydrogen-bond donors (Lipinski definition) is 1. The van der Waals surface area contributed by atoms with E-state index in [1.807, 2.05) is 20.0 Å². The summed E-state index contributed by atoms with van der Waals surface area (Å²) >= 11 is 0. The second kappa shape index (κ2) is 11.0. The molecule has 0 aliphatic rings. The number of carbonyl (C=O) groups is 1. The summed E-state index contributed by atoms with van der Waals surface area (Å²) in [6, 6.07) is 0.273. The highest BCUT2D eigenvalue weighted by molar-refractivity contribution is 5.87. The van der Waals surface area contributed by atoms with Crippen molar-refractivity contribution in [3.8, 4) is 0 Å². The Hall–Kier alpha value is -0.540. The fourth-order valence-electron chi connectivity index (χ4n) is 1.35. The number of nitrogens with one attached hydrogen (secondary N) is 1. The van der Waals surface area contributed by atoms with Gasteiger partial charge < -0.3 is 10.1 Å². The van der Waals surface area contributed by atoms with Gasteiger partial charge in [-0.05, 0) is 27.3 Å². The Balaban J connectivity index is 0. The smallest absolute Gasteiger partial charge is 0.333 e. The van der Waals surface area contributed by atoms with Crippen LogP contribution in [0.5, 0.6) is 0 Å². The third-order valence-corrected chi connectivity index (χ3v) is 2.29. The predicted octanol–water partition coefficient (Wildman–Crippen LogP) is 2.70. The molecule has 4 heteroatoms. The van der Waals surface area contributed by atoms with E-state index in [9.17, 15) is 4.79 Å². The fraction of sp³-hybridized carbons (Fsp3) is 0.750. The predicted molar refractivity (Wildman–Crippen MR) is 70.0 cm³/mol. The van der Waals surface area contributed by atoms with Crippen molar-refractivity contribution in [3.05, 3.63) is 11.6 Å². The first kappa shape index (κ1) is 17.8. The molecular formula is C12H24ClNO2. The molecule has 0 aliphatic heterocycles. The molecule has 1 N–H and O–H groups in total. The van der Waals surface area contributed by atoms with Gasteiger partial charge in [0.25, 0.3) is 0 Å². The van der Waals surface area contributed by atoms with Gasteiger partial charge in [0.15, 0.2) is 0 Å². The third-order valence-electron chi connectivity index (χ3n) is 2.29. The van der Waals surface area contributed by atoms with E-state index >= 15 is 0 Å². The van der Waals surface area contributed by atoms with E-state index in [4.69, 9.17) is 4.74 Å². The average Bonchev–Trinajstić information content (AvgIpc) is 2.24. The van der Waals surface area contributed by atoms with Crippen molar-refractivity contribution in [2.45, 2.75) is 46.1 Å². The molecule has 0 bridgehead atoms. The van der Waals surface area contributed by atoms with E-state index in [1.54, 1.807) is 6.92 Å². The molecule has 3 nitrogen and oxygen atoms in total. The molecule has 0 aromatic rings. The van der Waals surface area contributed by atoms with Crippen LogP contribution in [0.2, 0.25) is 0 Å². The normalized spacial score (nSPS) is 12.9. The van der Waals surface area contributed by atoms with Crippen molar-refractivity contribution in [1.29, 1.82) is 0 Å². The molecule has 0 aromatic heterocycles. The maximum atomic E-state index is 11.3. The molecular weight excluding hydrogens is 226 g/mol. The zero-order valence-electron chi connectivity index (χ0n) is 10.7. The quantitative estimate of drug-likeness (QED) is 0.557. The Labute approximate surface area is 105 Å². The van der Waals surface area contributed by atoms with Crippen molar-refractivity contribution in [1.82, 2.24) is 5.32 Å². The standard InChI is InChI=1S/C12H23NO2.ClH/c1-5-7-8-11(13-4)9-10(3)12(14)15-6-2;/h9,11,13H,5-8H2,1-4H3;1H/b10-9+;/t11-;/m0./s1. The van der Waals surface area contributed by atoms with Crippen molar-refractivity contribution in [2.75, 3.05) is 13.7 Å². The average molecular weight is 250 g/mol. The summed E-state index contributed by atoms with van der Waals surface area (Å²) in [6.45, 7) is 6.21. The van der Waals surface area contributed by atoms with Gasteiger partial charge in [-0.3, -0.25) is 0 Å². The van der Waals surface area contributed by atoms with Crippen LogP contribution in [0.15, 0.2) is 11.6 Å². The Morgan fingerprint density at radius 2 is 2.06 bits per heavy atom. The van der Waals surface area contributed by atoms with Crippen molar-refractivity contribution >= 4 is 18.4 Å². The lowest BCUT2D eigenvalue weighted by atomic mass is 10.1. The molecule has 0 heterocycles. The number of ether oxygens (including phenoxy) is 1. The summed E-state index contributed by atoms with van der Waals surface area (Å²) in [4.78, 5) is 11.3. The van der Waals surface area contributed by atoms with Crippen LogP contribution >= 0.6 is 12.4 Å². The van der Waals surface area contributed by atoms with Gasteiger partial charge in [-0.2, -0.15) is 0 Å². The van der Waals surface area contributed by atoms with E-state index in [-0.39, 0.29) is 24.4 Å². The summed E-state index contributed by atoms with van der Waals surface area (Å²) in [5, 5.41) is 3.18. The van der Waals surface area contributed by atoms with Crippen LogP contribution in [0.3, 0.4) is 0 Å². The lowest BCUT2D eigenvalue weighted by Gasteiger charge is -2.12. The van der Waals surface area contributed by atoms with Gasteiger partial charge in [0, 0.05) is 11.6 Å². The Bertz CT molecular complexity index is 217. The number of halogens is 1. The minimum atomic E-state index is -0.214. The zero-order valence-corrected chi connectivity index (χ0v) is 11.5. The maximum absolute atomic E-state index is 11.3. The molecule has 0 fully saturated rings. The van der Waals surface area contributed by atoms with Crippen LogP contribution < -0.4 is 5.32 Å². The van der Waals surface area contributed by atoms with Gasteiger partial charge in [0.2, 0.25) is 0 Å². The molecule has 1 atom stereocenters. The number of carbonyl (C=O) groups excluding carboxylic acids is 1. The van der Waals surface area contributed by atoms with Crippen LogP contribution in [-0.2, 0) is 9.53 Å². The first-order chi connectivity index (χ1) is 7.15. The summed E-state index contributed by atoms with van der Waals surface area (Å²) in [7, 11) is 1.91. The molecule has 0 aliphatic carbocycles. The molecule has 0 saturated carbocycles. The highest BCUT2D eigenvalue weighted by atomic mass is 35.5. The fourth-order valence-corrected chi connectivity index (χ4v) is 1.35. The monoisotopic (exact) mass is 249 g/mol. The lowest BCUT2D eigenvalue weighted by Crippen LogP contribution is -2.24. The van der Waals surface area contributed by atoms with Crippen molar-refractivity contribution < 1.29 is 9.53 Å². The third kappa shape index (κ3) is 7.71. The van der Waals surface area contributed by atoms with Crippen molar-refractivity contribution in [3.63, 3.8) is 0 Å². The molecule has 16 heavy (non-hydrogen) atoms. The molecule has 0 aromatic carbocycles. The van der Waals surface area contributed by atoms with Crippen LogP contribution in [0.25, 0.3) is 0 Å². The topological polar surface area (TPSA) is 38.3 Å². The summed E-state index contributed by atoms with van der Waals surface area (Å²) < 4.78 is 4.92. The van der Waals surface area contributed by atoms with Crippen molar-refractivity contribution in [2.24, 2.45) is 0 Å². The molecule has 96 valence electrons. The lowest BCUT2D eigenvalue weighted by molar-refractivity contribution is -0.138. The van der Waals surface area contributed by atoms with Gasteiger partial charge in [-0.1, -0.05) is 25.8 Å². The number of esters is 1. The van der Waals surface area contributed by atoms with E-state index in [0.29, 0.717) is 12.2 Å². The molecule has 0 spiro atoms. The number of hydrogen-bond acceptors (Lipinski definition) is 3. The van der Waals surface area contributed by atoms with E-state index in [0.717, 1.165) is 12.8 Å².